The van der Waals surface area contributed by atoms with Gasteiger partial charge < -0.3 is 5.32 Å². The summed E-state index contributed by atoms with van der Waals surface area (Å²) in [7, 11) is 0. The molecule has 0 unspecified atom stereocenters. The van der Waals surface area contributed by atoms with Gasteiger partial charge in [0.1, 0.15) is 5.70 Å². The highest BCUT2D eigenvalue weighted by molar-refractivity contribution is 7.80. The second-order valence-corrected chi connectivity index (χ2v) is 5.90. The molecule has 1 aromatic carbocycles. The number of anilines is 1. The lowest BCUT2D eigenvalue weighted by Gasteiger charge is -2.16. The highest BCUT2D eigenvalue weighted by Gasteiger charge is 2.33. The topological polar surface area (TPSA) is 50.2 Å². The maximum atomic E-state index is 12.7. The average Bonchev–Trinajstić information content (AvgIpc) is 3.01. The number of rotatable bonds is 3. The fourth-order valence-electron chi connectivity index (χ4n) is 2.47. The summed E-state index contributed by atoms with van der Waals surface area (Å²) in [6.07, 6.45) is 3.25. The van der Waals surface area contributed by atoms with Crippen LogP contribution >= 0.6 is 23.8 Å². The molecule has 3 rings (SSSR count). The van der Waals surface area contributed by atoms with Gasteiger partial charge in [-0.1, -0.05) is 29.8 Å². The van der Waals surface area contributed by atoms with E-state index in [2.05, 4.69) is 10.4 Å². The lowest BCUT2D eigenvalue weighted by Crippen LogP contribution is -2.30. The first-order valence-corrected chi connectivity index (χ1v) is 7.95. The Kier molecular flexibility index (Phi) is 4.19. The van der Waals surface area contributed by atoms with Crippen LogP contribution in [0.25, 0.3) is 6.08 Å². The third-order valence-electron chi connectivity index (χ3n) is 3.65. The molecule has 0 spiro atoms. The van der Waals surface area contributed by atoms with Gasteiger partial charge >= 0.3 is 0 Å². The van der Waals surface area contributed by atoms with Crippen LogP contribution in [-0.2, 0) is 11.3 Å². The molecule has 1 saturated heterocycles. The monoisotopic (exact) mass is 346 g/mol. The Balaban J connectivity index is 2.00. The van der Waals surface area contributed by atoms with Gasteiger partial charge in [0.25, 0.3) is 5.91 Å². The van der Waals surface area contributed by atoms with Crippen LogP contribution in [0, 0.1) is 6.92 Å². The van der Waals surface area contributed by atoms with Gasteiger partial charge in [-0.3, -0.25) is 14.4 Å². The van der Waals surface area contributed by atoms with E-state index in [-0.39, 0.29) is 5.91 Å². The molecule has 1 fully saturated rings. The van der Waals surface area contributed by atoms with E-state index in [1.165, 1.54) is 4.90 Å². The predicted molar refractivity (Wildman–Crippen MR) is 95.3 cm³/mol. The molecular weight excluding hydrogens is 332 g/mol. The predicted octanol–water partition coefficient (Wildman–Crippen LogP) is 3.13. The smallest absolute Gasteiger partial charge is 0.281 e. The summed E-state index contributed by atoms with van der Waals surface area (Å²) in [5.41, 5.74) is 2.81. The van der Waals surface area contributed by atoms with Gasteiger partial charge in [0, 0.05) is 6.54 Å². The van der Waals surface area contributed by atoms with Gasteiger partial charge in [0.2, 0.25) is 0 Å². The number of aromatic nitrogens is 2. The molecule has 1 aromatic heterocycles. The number of para-hydroxylation sites is 1. The fraction of sp³-hybridized carbons (Fsp3) is 0.188. The molecule has 1 N–H and O–H groups in total. The van der Waals surface area contributed by atoms with Crippen LogP contribution in [0.2, 0.25) is 5.02 Å². The molecule has 2 heterocycles. The quantitative estimate of drug-likeness (QED) is 0.685. The summed E-state index contributed by atoms with van der Waals surface area (Å²) in [6.45, 7) is 4.56. The number of hydrogen-bond donors (Lipinski definition) is 1. The molecule has 1 aliphatic heterocycles. The number of thiocarbonyl (C=S) groups is 1. The van der Waals surface area contributed by atoms with E-state index >= 15 is 0 Å². The van der Waals surface area contributed by atoms with Crippen LogP contribution in [0.3, 0.4) is 0 Å². The molecule has 5 nitrogen and oxygen atoms in total. The minimum atomic E-state index is -0.204. The third-order valence-corrected chi connectivity index (χ3v) is 4.22. The normalized spacial score (nSPS) is 16.3. The van der Waals surface area contributed by atoms with Gasteiger partial charge in [-0.15, -0.1) is 0 Å². The summed E-state index contributed by atoms with van der Waals surface area (Å²) in [6, 6.07) is 7.61. The van der Waals surface area contributed by atoms with Gasteiger partial charge in [-0.05, 0) is 43.8 Å². The van der Waals surface area contributed by atoms with Gasteiger partial charge in [0.15, 0.2) is 5.11 Å². The number of benzene rings is 1. The van der Waals surface area contributed by atoms with Crippen LogP contribution < -0.4 is 10.2 Å². The number of halogens is 1. The number of carbonyl (C=O) groups is 1. The molecular formula is C16H15ClN4OS. The van der Waals surface area contributed by atoms with E-state index in [0.717, 1.165) is 11.3 Å². The van der Waals surface area contributed by atoms with Crippen LogP contribution in [0.4, 0.5) is 5.69 Å². The SMILES string of the molecule is CCn1ncc(Cl)c1/C=C1/NC(=S)N(c2ccccc2C)C1=O. The zero-order valence-electron chi connectivity index (χ0n) is 12.7. The maximum absolute atomic E-state index is 12.7. The molecule has 0 bridgehead atoms. The number of hydrogen-bond acceptors (Lipinski definition) is 3. The number of nitrogens with one attached hydrogen (secondary N) is 1. The van der Waals surface area contributed by atoms with E-state index in [0.29, 0.717) is 28.1 Å². The highest BCUT2D eigenvalue weighted by Crippen LogP contribution is 2.26. The second kappa shape index (κ2) is 6.14. The molecule has 23 heavy (non-hydrogen) atoms. The summed E-state index contributed by atoms with van der Waals surface area (Å²) >= 11 is 11.5. The molecule has 0 radical (unpaired) electrons. The molecule has 0 atom stereocenters. The standard InChI is InChI=1S/C16H15ClN4OS/c1-3-20-14(11(17)9-18-20)8-12-15(22)21(16(23)19-12)13-7-5-4-6-10(13)2/h4-9H,3H2,1-2H3,(H,19,23)/b12-8+. The first-order chi connectivity index (χ1) is 11.0. The van der Waals surface area contributed by atoms with E-state index in [1.807, 2.05) is 38.1 Å². The zero-order chi connectivity index (χ0) is 16.6. The van der Waals surface area contributed by atoms with Crippen molar-refractivity contribution in [2.24, 2.45) is 0 Å². The third kappa shape index (κ3) is 2.75. The second-order valence-electron chi connectivity index (χ2n) is 5.11. The zero-order valence-corrected chi connectivity index (χ0v) is 14.3. The molecule has 1 aliphatic rings. The Morgan fingerprint density at radius 1 is 1.39 bits per heavy atom. The van der Waals surface area contributed by atoms with Crippen LogP contribution in [0.5, 0.6) is 0 Å². The number of amides is 1. The average molecular weight is 347 g/mol. The molecule has 2 aromatic rings. The Labute approximate surface area is 144 Å². The van der Waals surface area contributed by atoms with Gasteiger partial charge in [-0.25, -0.2) is 0 Å². The lowest BCUT2D eigenvalue weighted by molar-refractivity contribution is -0.113. The van der Waals surface area contributed by atoms with E-state index in [1.54, 1.807) is 17.0 Å². The highest BCUT2D eigenvalue weighted by atomic mass is 35.5. The largest absolute Gasteiger partial charge is 0.327 e. The van der Waals surface area contributed by atoms with Crippen molar-refractivity contribution in [2.75, 3.05) is 4.90 Å². The van der Waals surface area contributed by atoms with E-state index in [9.17, 15) is 4.79 Å². The summed E-state index contributed by atoms with van der Waals surface area (Å²) in [5.74, 6) is -0.204. The summed E-state index contributed by atoms with van der Waals surface area (Å²) in [4.78, 5) is 14.2. The summed E-state index contributed by atoms with van der Waals surface area (Å²) in [5, 5.41) is 7.98. The van der Waals surface area contributed by atoms with Crippen molar-refractivity contribution >= 4 is 46.6 Å². The van der Waals surface area contributed by atoms with Crippen molar-refractivity contribution < 1.29 is 4.79 Å². The molecule has 1 amide bonds. The Morgan fingerprint density at radius 3 is 2.83 bits per heavy atom. The first-order valence-electron chi connectivity index (χ1n) is 7.17. The van der Waals surface area contributed by atoms with E-state index < -0.39 is 0 Å². The van der Waals surface area contributed by atoms with Crippen LogP contribution in [0.1, 0.15) is 18.2 Å². The molecule has 7 heteroatoms. The molecule has 0 aliphatic carbocycles. The van der Waals surface area contributed by atoms with Crippen LogP contribution in [0.15, 0.2) is 36.2 Å². The van der Waals surface area contributed by atoms with Crippen molar-refractivity contribution in [3.8, 4) is 0 Å². The van der Waals surface area contributed by atoms with Gasteiger partial charge in [-0.2, -0.15) is 5.10 Å². The minimum absolute atomic E-state index is 0.204. The number of nitrogens with zero attached hydrogens (tertiary/aromatic N) is 3. The van der Waals surface area contributed by atoms with Crippen molar-refractivity contribution in [2.45, 2.75) is 20.4 Å². The van der Waals surface area contributed by atoms with Crippen molar-refractivity contribution in [3.63, 3.8) is 0 Å². The minimum Gasteiger partial charge on any atom is -0.327 e. The fourth-order valence-corrected chi connectivity index (χ4v) is 2.96. The van der Waals surface area contributed by atoms with Gasteiger partial charge in [0.05, 0.1) is 22.6 Å². The summed E-state index contributed by atoms with van der Waals surface area (Å²) < 4.78 is 1.73. The molecule has 0 saturated carbocycles. The first kappa shape index (κ1) is 15.7. The van der Waals surface area contributed by atoms with E-state index in [4.69, 9.17) is 23.8 Å². The lowest BCUT2D eigenvalue weighted by atomic mass is 10.2. The van der Waals surface area contributed by atoms with Crippen molar-refractivity contribution in [1.82, 2.24) is 15.1 Å². The molecule has 118 valence electrons. The van der Waals surface area contributed by atoms with Crippen molar-refractivity contribution in [3.05, 3.63) is 52.4 Å². The Bertz CT molecular complexity index is 827. The Hall–Kier alpha value is -2.18. The number of aryl methyl sites for hydroxylation is 2. The maximum Gasteiger partial charge on any atom is 0.281 e. The Morgan fingerprint density at radius 2 is 2.13 bits per heavy atom. The van der Waals surface area contributed by atoms with Crippen molar-refractivity contribution in [1.29, 1.82) is 0 Å². The van der Waals surface area contributed by atoms with Crippen LogP contribution in [-0.4, -0.2) is 20.8 Å². The number of carbonyl (C=O) groups excluding carboxylic acids is 1.